The van der Waals surface area contributed by atoms with E-state index in [-0.39, 0.29) is 24.1 Å². The lowest BCUT2D eigenvalue weighted by atomic mass is 10.0. The first kappa shape index (κ1) is 26.9. The van der Waals surface area contributed by atoms with Crippen LogP contribution in [0.1, 0.15) is 44.0 Å². The van der Waals surface area contributed by atoms with Crippen LogP contribution < -0.4 is 10.6 Å². The summed E-state index contributed by atoms with van der Waals surface area (Å²) in [5, 5.41) is 6.10. The van der Waals surface area contributed by atoms with Crippen molar-refractivity contribution < 1.29 is 19.1 Å². The fourth-order valence-electron chi connectivity index (χ4n) is 4.74. The number of hydrogen-bond donors (Lipinski definition) is 2. The lowest BCUT2D eigenvalue weighted by Crippen LogP contribution is -2.54. The molecule has 0 bridgehead atoms. The number of carbonyl (C=O) groups is 3. The Balaban J connectivity index is 1.37. The highest BCUT2D eigenvalue weighted by Gasteiger charge is 2.32. The maximum atomic E-state index is 13.6. The lowest BCUT2D eigenvalue weighted by molar-refractivity contribution is 0.0359. The molecule has 37 heavy (non-hydrogen) atoms. The number of nitrogens with one attached hydrogen (secondary N) is 2. The normalized spacial score (nSPS) is 17.1. The number of ether oxygens (including phenoxy) is 1. The Bertz CT molecular complexity index is 1080. The highest BCUT2D eigenvalue weighted by atomic mass is 32.1. The third kappa shape index (κ3) is 6.78. The van der Waals surface area contributed by atoms with Crippen LogP contribution in [0.25, 0.3) is 10.6 Å². The van der Waals surface area contributed by atoms with Gasteiger partial charge in [0, 0.05) is 58.1 Å². The largest absolute Gasteiger partial charge is 0.447 e. The summed E-state index contributed by atoms with van der Waals surface area (Å²) in [6.45, 7) is 10.2. The number of thiophene rings is 1. The van der Waals surface area contributed by atoms with Crippen molar-refractivity contribution in [3.8, 4) is 10.6 Å². The number of anilines is 1. The van der Waals surface area contributed by atoms with Crippen LogP contribution in [0.2, 0.25) is 0 Å². The summed E-state index contributed by atoms with van der Waals surface area (Å²) in [4.78, 5) is 49.3. The molecule has 4 rings (SSSR count). The molecule has 2 aromatic rings. The number of pyridine rings is 1. The number of amides is 4. The maximum absolute atomic E-state index is 13.6. The molecule has 10 nitrogen and oxygen atoms in total. The Kier molecular flexibility index (Phi) is 8.99. The highest BCUT2D eigenvalue weighted by molar-refractivity contribution is 7.20. The van der Waals surface area contributed by atoms with Crippen LogP contribution in [0.15, 0.2) is 30.5 Å². The standard InChI is InChI=1S/C26H36N6O4S/c1-4-27-25(34)29-23-20(17-22(37-23)21-7-5-6-10-28-21)24(33)31-15-13-30(14-16-31)19-8-11-32(12-9-19)26(35)36-18(2)3/h5-7,10,17-19H,4,8-9,11-16H2,1-3H3,(H2,27,29,34). The molecule has 0 spiro atoms. The average Bonchev–Trinajstić information content (AvgIpc) is 3.32. The second-order valence-electron chi connectivity index (χ2n) is 9.53. The van der Waals surface area contributed by atoms with Gasteiger partial charge in [-0.05, 0) is 51.8 Å². The van der Waals surface area contributed by atoms with Crippen molar-refractivity contribution in [2.24, 2.45) is 0 Å². The van der Waals surface area contributed by atoms with E-state index in [1.807, 2.05) is 49.9 Å². The Hall–Kier alpha value is -3.18. The summed E-state index contributed by atoms with van der Waals surface area (Å²) < 4.78 is 5.33. The van der Waals surface area contributed by atoms with Crippen molar-refractivity contribution in [2.75, 3.05) is 51.1 Å². The van der Waals surface area contributed by atoms with E-state index in [0.29, 0.717) is 49.3 Å². The van der Waals surface area contributed by atoms with Gasteiger partial charge in [0.2, 0.25) is 0 Å². The number of likely N-dealkylation sites (tertiary alicyclic amines) is 1. The van der Waals surface area contributed by atoms with Crippen LogP contribution in [0.3, 0.4) is 0 Å². The third-order valence-corrected chi connectivity index (χ3v) is 7.69. The first-order valence-corrected chi connectivity index (χ1v) is 13.8. The van der Waals surface area contributed by atoms with Crippen LogP contribution in [0.4, 0.5) is 14.6 Å². The molecule has 0 saturated carbocycles. The molecule has 0 unspecified atom stereocenters. The van der Waals surface area contributed by atoms with E-state index in [1.165, 1.54) is 11.3 Å². The molecule has 4 amide bonds. The van der Waals surface area contributed by atoms with Gasteiger partial charge in [0.05, 0.1) is 22.2 Å². The summed E-state index contributed by atoms with van der Waals surface area (Å²) in [5.74, 6) is -0.0869. The van der Waals surface area contributed by atoms with E-state index in [4.69, 9.17) is 4.74 Å². The van der Waals surface area contributed by atoms with E-state index < -0.39 is 0 Å². The van der Waals surface area contributed by atoms with Crippen molar-refractivity contribution in [1.82, 2.24) is 25.0 Å². The van der Waals surface area contributed by atoms with Crippen molar-refractivity contribution in [2.45, 2.75) is 45.8 Å². The molecule has 200 valence electrons. The van der Waals surface area contributed by atoms with E-state index >= 15 is 0 Å². The molecule has 2 aromatic heterocycles. The number of carbonyl (C=O) groups excluding carboxylic acids is 3. The predicted octanol–water partition coefficient (Wildman–Crippen LogP) is 3.72. The molecule has 2 aliphatic heterocycles. The minimum atomic E-state index is -0.334. The van der Waals surface area contributed by atoms with Gasteiger partial charge >= 0.3 is 12.1 Å². The molecule has 2 fully saturated rings. The summed E-state index contributed by atoms with van der Waals surface area (Å²) in [7, 11) is 0. The Morgan fingerprint density at radius 2 is 1.81 bits per heavy atom. The molecule has 2 N–H and O–H groups in total. The smallest absolute Gasteiger partial charge is 0.410 e. The minimum absolute atomic E-state index is 0.0869. The number of aromatic nitrogens is 1. The zero-order valence-corrected chi connectivity index (χ0v) is 22.6. The minimum Gasteiger partial charge on any atom is -0.447 e. The fourth-order valence-corrected chi connectivity index (χ4v) is 5.76. The van der Waals surface area contributed by atoms with E-state index in [2.05, 4.69) is 20.5 Å². The van der Waals surface area contributed by atoms with Crippen molar-refractivity contribution in [3.05, 3.63) is 36.0 Å². The third-order valence-electron chi connectivity index (χ3n) is 6.62. The zero-order chi connectivity index (χ0) is 26.4. The number of piperidine rings is 1. The molecule has 11 heteroatoms. The summed E-state index contributed by atoms with van der Waals surface area (Å²) in [6.07, 6.45) is 3.17. The molecule has 4 heterocycles. The number of urea groups is 1. The Morgan fingerprint density at radius 1 is 1.08 bits per heavy atom. The highest BCUT2D eigenvalue weighted by Crippen LogP contribution is 2.35. The second-order valence-corrected chi connectivity index (χ2v) is 10.6. The monoisotopic (exact) mass is 528 g/mol. The number of piperazine rings is 1. The van der Waals surface area contributed by atoms with Crippen molar-refractivity contribution >= 4 is 34.4 Å². The van der Waals surface area contributed by atoms with Gasteiger partial charge in [-0.2, -0.15) is 0 Å². The van der Waals surface area contributed by atoms with E-state index in [9.17, 15) is 14.4 Å². The summed E-state index contributed by atoms with van der Waals surface area (Å²) in [6, 6.07) is 7.53. The predicted molar refractivity (Wildman–Crippen MR) is 144 cm³/mol. The average molecular weight is 529 g/mol. The van der Waals surface area contributed by atoms with Gasteiger partial charge in [0.25, 0.3) is 5.91 Å². The van der Waals surface area contributed by atoms with Gasteiger partial charge in [-0.1, -0.05) is 6.07 Å². The van der Waals surface area contributed by atoms with Crippen LogP contribution >= 0.6 is 11.3 Å². The van der Waals surface area contributed by atoms with Crippen LogP contribution in [-0.4, -0.2) is 95.7 Å². The Morgan fingerprint density at radius 3 is 2.43 bits per heavy atom. The topological polar surface area (TPSA) is 107 Å². The summed E-state index contributed by atoms with van der Waals surface area (Å²) in [5.41, 5.74) is 1.25. The van der Waals surface area contributed by atoms with Crippen LogP contribution in [-0.2, 0) is 4.74 Å². The number of nitrogens with zero attached hydrogens (tertiary/aromatic N) is 4. The molecule has 2 aliphatic rings. The molecule has 0 atom stereocenters. The molecule has 0 aromatic carbocycles. The molecular formula is C26H36N6O4S. The lowest BCUT2D eigenvalue weighted by Gasteiger charge is -2.42. The molecule has 0 radical (unpaired) electrons. The zero-order valence-electron chi connectivity index (χ0n) is 21.7. The molecule has 2 saturated heterocycles. The molecule has 0 aliphatic carbocycles. The van der Waals surface area contributed by atoms with E-state index in [0.717, 1.165) is 36.5 Å². The van der Waals surface area contributed by atoms with Crippen molar-refractivity contribution in [3.63, 3.8) is 0 Å². The number of rotatable bonds is 6. The van der Waals surface area contributed by atoms with Gasteiger partial charge < -0.3 is 19.9 Å². The van der Waals surface area contributed by atoms with Crippen LogP contribution in [0.5, 0.6) is 0 Å². The SMILES string of the molecule is CCNC(=O)Nc1sc(-c2ccccn2)cc1C(=O)N1CCN(C2CCN(C(=O)OC(C)C)CC2)CC1. The van der Waals surface area contributed by atoms with Crippen LogP contribution in [0, 0.1) is 0 Å². The van der Waals surface area contributed by atoms with Gasteiger partial charge in [-0.15, -0.1) is 11.3 Å². The first-order chi connectivity index (χ1) is 17.9. The summed E-state index contributed by atoms with van der Waals surface area (Å²) >= 11 is 1.35. The fraction of sp³-hybridized carbons (Fsp3) is 0.538. The van der Waals surface area contributed by atoms with Gasteiger partial charge in [0.15, 0.2) is 0 Å². The quantitative estimate of drug-likeness (QED) is 0.592. The Labute approximate surface area is 222 Å². The van der Waals surface area contributed by atoms with Gasteiger partial charge in [-0.25, -0.2) is 9.59 Å². The van der Waals surface area contributed by atoms with E-state index in [1.54, 1.807) is 11.1 Å². The van der Waals surface area contributed by atoms with Gasteiger partial charge in [0.1, 0.15) is 5.00 Å². The first-order valence-electron chi connectivity index (χ1n) is 12.9. The molecular weight excluding hydrogens is 492 g/mol. The maximum Gasteiger partial charge on any atom is 0.410 e. The van der Waals surface area contributed by atoms with Gasteiger partial charge in [-0.3, -0.25) is 20.0 Å². The second kappa shape index (κ2) is 12.4. The number of hydrogen-bond acceptors (Lipinski definition) is 7. The van der Waals surface area contributed by atoms with Crippen molar-refractivity contribution in [1.29, 1.82) is 0 Å².